The fourth-order valence-corrected chi connectivity index (χ4v) is 3.64. The Labute approximate surface area is 173 Å². The normalized spacial score (nSPS) is 11.3. The molecule has 0 radical (unpaired) electrons. The molecule has 2 rings (SSSR count). The molecule has 0 bridgehead atoms. The van der Waals surface area contributed by atoms with Crippen LogP contribution in [0.4, 0.5) is 0 Å². The Bertz CT molecular complexity index is 643. The van der Waals surface area contributed by atoms with Crippen molar-refractivity contribution in [2.45, 2.75) is 32.6 Å². The highest BCUT2D eigenvalue weighted by Gasteiger charge is 2.26. The molecule has 0 unspecified atom stereocenters. The monoisotopic (exact) mass is 422 g/mol. The smallest absolute Gasteiger partial charge is 0.475 e. The highest BCUT2D eigenvalue weighted by Crippen LogP contribution is 2.49. The molecule has 160 valence electrons. The first kappa shape index (κ1) is 23.4. The van der Waals surface area contributed by atoms with Gasteiger partial charge in [-0.2, -0.15) is 0 Å². The average molecular weight is 422 g/mol. The van der Waals surface area contributed by atoms with Crippen molar-refractivity contribution < 1.29 is 27.6 Å². The molecule has 2 aromatic rings. The van der Waals surface area contributed by atoms with Gasteiger partial charge in [0.1, 0.15) is 24.7 Å². The molecule has 0 aliphatic heterocycles. The number of phosphoric ester groups is 1. The number of benzene rings is 2. The summed E-state index contributed by atoms with van der Waals surface area (Å²) in [6, 6.07) is 18.8. The van der Waals surface area contributed by atoms with Gasteiger partial charge in [-0.05, 0) is 30.7 Å². The SMILES string of the molecule is CCCCCCOP(=O)(OCCOc1ccccc1)OCCOc1ccccc1. The standard InChI is InChI=1S/C22H31O6P/c1-2-3-4-11-16-26-29(23,27-19-17-24-21-12-7-5-8-13-21)28-20-18-25-22-14-9-6-10-15-22/h5-10,12-15H,2-4,11,16-20H2,1H3. The van der Waals surface area contributed by atoms with Gasteiger partial charge in [0, 0.05) is 0 Å². The lowest BCUT2D eigenvalue weighted by Gasteiger charge is -2.18. The van der Waals surface area contributed by atoms with Gasteiger partial charge in [0.2, 0.25) is 0 Å². The lowest BCUT2D eigenvalue weighted by Crippen LogP contribution is -2.12. The number of phosphoric acid groups is 1. The van der Waals surface area contributed by atoms with Gasteiger partial charge < -0.3 is 9.47 Å². The van der Waals surface area contributed by atoms with Gasteiger partial charge in [-0.3, -0.25) is 13.6 Å². The van der Waals surface area contributed by atoms with Crippen molar-refractivity contribution >= 4 is 7.82 Å². The van der Waals surface area contributed by atoms with E-state index >= 15 is 0 Å². The number of ether oxygens (including phenoxy) is 2. The Morgan fingerprint density at radius 3 is 1.59 bits per heavy atom. The summed E-state index contributed by atoms with van der Waals surface area (Å²) < 4.78 is 40.4. The van der Waals surface area contributed by atoms with Crippen LogP contribution in [0.2, 0.25) is 0 Å². The summed E-state index contributed by atoms with van der Waals surface area (Å²) in [5.41, 5.74) is 0. The van der Waals surface area contributed by atoms with Crippen LogP contribution in [0, 0.1) is 0 Å². The summed E-state index contributed by atoms with van der Waals surface area (Å²) in [4.78, 5) is 0. The summed E-state index contributed by atoms with van der Waals surface area (Å²) in [6.45, 7) is 3.16. The molecule has 0 atom stereocenters. The van der Waals surface area contributed by atoms with E-state index in [4.69, 9.17) is 23.0 Å². The highest BCUT2D eigenvalue weighted by molar-refractivity contribution is 7.48. The third-order valence-corrected chi connectivity index (χ3v) is 5.43. The highest BCUT2D eigenvalue weighted by atomic mass is 31.2. The van der Waals surface area contributed by atoms with Crippen LogP contribution in [0.5, 0.6) is 11.5 Å². The Kier molecular flexibility index (Phi) is 11.5. The molecule has 0 N–H and O–H groups in total. The van der Waals surface area contributed by atoms with E-state index in [-0.39, 0.29) is 26.4 Å². The van der Waals surface area contributed by atoms with E-state index in [1.54, 1.807) is 0 Å². The molecule has 6 nitrogen and oxygen atoms in total. The molecular formula is C22H31O6P. The van der Waals surface area contributed by atoms with Crippen LogP contribution < -0.4 is 9.47 Å². The molecule has 2 aromatic carbocycles. The van der Waals surface area contributed by atoms with Crippen molar-refractivity contribution in [2.24, 2.45) is 0 Å². The molecule has 0 aromatic heterocycles. The molecule has 0 spiro atoms. The second kappa shape index (κ2) is 14.2. The number of para-hydroxylation sites is 2. The van der Waals surface area contributed by atoms with Crippen LogP contribution in [0.15, 0.2) is 60.7 Å². The van der Waals surface area contributed by atoms with Crippen molar-refractivity contribution in [3.63, 3.8) is 0 Å². The molecular weight excluding hydrogens is 391 g/mol. The van der Waals surface area contributed by atoms with Crippen LogP contribution in [-0.4, -0.2) is 33.0 Å². The third kappa shape index (κ3) is 10.5. The van der Waals surface area contributed by atoms with E-state index in [1.165, 1.54) is 0 Å². The van der Waals surface area contributed by atoms with Crippen LogP contribution in [-0.2, 0) is 18.1 Å². The van der Waals surface area contributed by atoms with E-state index in [9.17, 15) is 4.57 Å². The average Bonchev–Trinajstić information content (AvgIpc) is 2.76. The molecule has 0 saturated carbocycles. The van der Waals surface area contributed by atoms with Crippen molar-refractivity contribution in [3.8, 4) is 11.5 Å². The predicted molar refractivity (Wildman–Crippen MR) is 113 cm³/mol. The minimum absolute atomic E-state index is 0.0979. The minimum atomic E-state index is -3.67. The van der Waals surface area contributed by atoms with E-state index in [2.05, 4.69) is 6.92 Å². The van der Waals surface area contributed by atoms with Gasteiger partial charge in [0.25, 0.3) is 0 Å². The minimum Gasteiger partial charge on any atom is -0.491 e. The molecule has 0 amide bonds. The first-order valence-corrected chi connectivity index (χ1v) is 11.6. The van der Waals surface area contributed by atoms with E-state index in [0.717, 1.165) is 37.2 Å². The maximum atomic E-state index is 12.9. The number of unbranched alkanes of at least 4 members (excludes halogenated alkanes) is 3. The maximum absolute atomic E-state index is 12.9. The van der Waals surface area contributed by atoms with E-state index in [1.807, 2.05) is 60.7 Å². The first-order valence-electron chi connectivity index (χ1n) is 10.1. The quantitative estimate of drug-likeness (QED) is 0.249. The Hall–Kier alpha value is -1.85. The molecule has 0 aliphatic rings. The lowest BCUT2D eigenvalue weighted by atomic mass is 10.2. The number of hydrogen-bond donors (Lipinski definition) is 0. The summed E-state index contributed by atoms with van der Waals surface area (Å²) >= 11 is 0. The summed E-state index contributed by atoms with van der Waals surface area (Å²) in [7, 11) is -3.67. The molecule has 7 heteroatoms. The predicted octanol–water partition coefficient (Wildman–Crippen LogP) is 5.88. The second-order valence-corrected chi connectivity index (χ2v) is 8.00. The van der Waals surface area contributed by atoms with Crippen LogP contribution >= 0.6 is 7.82 Å². The largest absolute Gasteiger partial charge is 0.491 e. The first-order chi connectivity index (χ1) is 14.2. The van der Waals surface area contributed by atoms with Crippen LogP contribution in [0.1, 0.15) is 32.6 Å². The summed E-state index contributed by atoms with van der Waals surface area (Å²) in [5, 5.41) is 0. The second-order valence-electron chi connectivity index (χ2n) is 6.33. The fraction of sp³-hybridized carbons (Fsp3) is 0.455. The molecule has 0 heterocycles. The number of hydrogen-bond acceptors (Lipinski definition) is 6. The fourth-order valence-electron chi connectivity index (χ4n) is 2.47. The van der Waals surface area contributed by atoms with Gasteiger partial charge >= 0.3 is 7.82 Å². The van der Waals surface area contributed by atoms with Crippen molar-refractivity contribution in [2.75, 3.05) is 33.0 Å². The van der Waals surface area contributed by atoms with Crippen molar-refractivity contribution in [1.82, 2.24) is 0 Å². The maximum Gasteiger partial charge on any atom is 0.475 e. The molecule has 29 heavy (non-hydrogen) atoms. The zero-order chi connectivity index (χ0) is 20.6. The van der Waals surface area contributed by atoms with E-state index < -0.39 is 7.82 Å². The molecule has 0 fully saturated rings. The molecule has 0 aliphatic carbocycles. The zero-order valence-corrected chi connectivity index (χ0v) is 17.9. The van der Waals surface area contributed by atoms with Crippen LogP contribution in [0.25, 0.3) is 0 Å². The van der Waals surface area contributed by atoms with Gasteiger partial charge in [-0.1, -0.05) is 62.6 Å². The van der Waals surface area contributed by atoms with Crippen molar-refractivity contribution in [3.05, 3.63) is 60.7 Å². The van der Waals surface area contributed by atoms with Gasteiger partial charge in [-0.25, -0.2) is 4.57 Å². The van der Waals surface area contributed by atoms with E-state index in [0.29, 0.717) is 6.61 Å². The zero-order valence-electron chi connectivity index (χ0n) is 17.0. The third-order valence-electron chi connectivity index (χ3n) is 3.94. The van der Waals surface area contributed by atoms with Gasteiger partial charge in [0.15, 0.2) is 0 Å². The summed E-state index contributed by atoms with van der Waals surface area (Å²) in [6.07, 6.45) is 4.07. The Balaban J connectivity index is 1.74. The Morgan fingerprint density at radius 1 is 0.621 bits per heavy atom. The van der Waals surface area contributed by atoms with Crippen LogP contribution in [0.3, 0.4) is 0 Å². The topological polar surface area (TPSA) is 63.2 Å². The lowest BCUT2D eigenvalue weighted by molar-refractivity contribution is 0.0883. The Morgan fingerprint density at radius 2 is 1.10 bits per heavy atom. The molecule has 0 saturated heterocycles. The van der Waals surface area contributed by atoms with Gasteiger partial charge in [0.05, 0.1) is 19.8 Å². The van der Waals surface area contributed by atoms with Gasteiger partial charge in [-0.15, -0.1) is 0 Å². The van der Waals surface area contributed by atoms with Crippen molar-refractivity contribution in [1.29, 1.82) is 0 Å². The summed E-state index contributed by atoms with van der Waals surface area (Å²) in [5.74, 6) is 1.45. The number of rotatable bonds is 16.